The maximum Gasteiger partial charge on any atom is 0.157 e. The Morgan fingerprint density at radius 1 is 1.31 bits per heavy atom. The molecule has 0 saturated carbocycles. The molecule has 0 unspecified atom stereocenters. The lowest BCUT2D eigenvalue weighted by Gasteiger charge is -2.01. The number of hydrogen-bond donors (Lipinski definition) is 4. The van der Waals surface area contributed by atoms with Gasteiger partial charge in [0.25, 0.3) is 0 Å². The summed E-state index contributed by atoms with van der Waals surface area (Å²) in [4.78, 5) is 0. The lowest BCUT2D eigenvalue weighted by Crippen LogP contribution is -2.14. The molecule has 13 heavy (non-hydrogen) atoms. The van der Waals surface area contributed by atoms with Crippen molar-refractivity contribution in [3.8, 4) is 11.5 Å². The summed E-state index contributed by atoms with van der Waals surface area (Å²) in [5, 5.41) is 29.1. The molecule has 0 aromatic heterocycles. The zero-order valence-corrected chi connectivity index (χ0v) is 6.81. The van der Waals surface area contributed by atoms with Gasteiger partial charge in [0.05, 0.1) is 0 Å². The van der Waals surface area contributed by atoms with Gasteiger partial charge in [-0.2, -0.15) is 0 Å². The van der Waals surface area contributed by atoms with Crippen molar-refractivity contribution in [2.75, 3.05) is 0 Å². The predicted octanol–water partition coefficient (Wildman–Crippen LogP) is 0.387. The van der Waals surface area contributed by atoms with E-state index in [1.54, 1.807) is 6.07 Å². The van der Waals surface area contributed by atoms with E-state index in [1.165, 1.54) is 12.1 Å². The average Bonchev–Trinajstić information content (AvgIpc) is 2.11. The van der Waals surface area contributed by atoms with Crippen molar-refractivity contribution < 1.29 is 15.4 Å². The Morgan fingerprint density at radius 3 is 2.54 bits per heavy atom. The minimum Gasteiger partial charge on any atom is -0.504 e. The zero-order chi connectivity index (χ0) is 9.84. The van der Waals surface area contributed by atoms with E-state index in [-0.39, 0.29) is 23.8 Å². The summed E-state index contributed by atoms with van der Waals surface area (Å²) in [7, 11) is 0. The van der Waals surface area contributed by atoms with Crippen molar-refractivity contribution in [1.82, 2.24) is 0 Å². The number of hydrogen-bond acceptors (Lipinski definition) is 4. The lowest BCUT2D eigenvalue weighted by molar-refractivity contribution is 0.317. The fourth-order valence-electron chi connectivity index (χ4n) is 0.923. The van der Waals surface area contributed by atoms with Crippen LogP contribution >= 0.6 is 0 Å². The number of aromatic hydroxyl groups is 2. The SMILES string of the molecule is N/C(Cc1ccc(O)c(O)c1)=N/O. The van der Waals surface area contributed by atoms with Gasteiger partial charge in [-0.25, -0.2) is 0 Å². The Bertz CT molecular complexity index is 336. The number of nitrogens with zero attached hydrogens (tertiary/aromatic N) is 1. The molecule has 0 atom stereocenters. The van der Waals surface area contributed by atoms with Crippen LogP contribution in [0.4, 0.5) is 0 Å². The second-order valence-corrected chi connectivity index (χ2v) is 2.59. The highest BCUT2D eigenvalue weighted by molar-refractivity contribution is 5.82. The molecule has 1 aromatic rings. The summed E-state index contributed by atoms with van der Waals surface area (Å²) >= 11 is 0. The van der Waals surface area contributed by atoms with Gasteiger partial charge in [0.15, 0.2) is 11.5 Å². The molecule has 0 aliphatic rings. The van der Waals surface area contributed by atoms with Crippen molar-refractivity contribution in [2.24, 2.45) is 10.9 Å². The normalized spacial score (nSPS) is 11.5. The van der Waals surface area contributed by atoms with E-state index in [9.17, 15) is 0 Å². The first-order valence-electron chi connectivity index (χ1n) is 3.60. The van der Waals surface area contributed by atoms with Crippen molar-refractivity contribution in [3.63, 3.8) is 0 Å². The molecule has 0 aliphatic heterocycles. The standard InChI is InChI=1S/C8H10N2O3/c9-8(10-13)4-5-1-2-6(11)7(12)3-5/h1-3,11-13H,4H2,(H2,9,10). The molecule has 1 rings (SSSR count). The van der Waals surface area contributed by atoms with Gasteiger partial charge in [-0.1, -0.05) is 11.2 Å². The lowest BCUT2D eigenvalue weighted by atomic mass is 10.1. The van der Waals surface area contributed by atoms with Gasteiger partial charge >= 0.3 is 0 Å². The van der Waals surface area contributed by atoms with Gasteiger partial charge in [0.2, 0.25) is 0 Å². The summed E-state index contributed by atoms with van der Waals surface area (Å²) in [5.74, 6) is -0.364. The van der Waals surface area contributed by atoms with Crippen molar-refractivity contribution in [2.45, 2.75) is 6.42 Å². The Labute approximate surface area is 74.7 Å². The van der Waals surface area contributed by atoms with Crippen LogP contribution in [0.2, 0.25) is 0 Å². The second-order valence-electron chi connectivity index (χ2n) is 2.59. The molecule has 0 amide bonds. The van der Waals surface area contributed by atoms with E-state index < -0.39 is 0 Å². The summed E-state index contributed by atoms with van der Waals surface area (Å²) in [5.41, 5.74) is 5.91. The fraction of sp³-hybridized carbons (Fsp3) is 0.125. The third-order valence-corrected chi connectivity index (χ3v) is 1.55. The van der Waals surface area contributed by atoms with Crippen molar-refractivity contribution in [3.05, 3.63) is 23.8 Å². The molecule has 0 fully saturated rings. The molecule has 0 aliphatic carbocycles. The minimum atomic E-state index is -0.219. The summed E-state index contributed by atoms with van der Waals surface area (Å²) in [6.45, 7) is 0. The fourth-order valence-corrected chi connectivity index (χ4v) is 0.923. The molecule has 1 aromatic carbocycles. The Morgan fingerprint density at radius 2 is 2.00 bits per heavy atom. The molecule has 0 heterocycles. The van der Waals surface area contributed by atoms with Crippen LogP contribution < -0.4 is 5.73 Å². The Hall–Kier alpha value is -1.91. The van der Waals surface area contributed by atoms with Crippen LogP contribution in [-0.4, -0.2) is 21.3 Å². The van der Waals surface area contributed by atoms with E-state index in [1.807, 2.05) is 0 Å². The van der Waals surface area contributed by atoms with Gasteiger partial charge in [0.1, 0.15) is 5.84 Å². The number of phenolic OH excluding ortho intramolecular Hbond substituents is 2. The van der Waals surface area contributed by atoms with Crippen molar-refractivity contribution >= 4 is 5.84 Å². The van der Waals surface area contributed by atoms with Gasteiger partial charge in [-0.15, -0.1) is 0 Å². The third kappa shape index (κ3) is 2.26. The van der Waals surface area contributed by atoms with Crippen LogP contribution in [0.1, 0.15) is 5.56 Å². The maximum atomic E-state index is 9.09. The monoisotopic (exact) mass is 182 g/mol. The number of amidine groups is 1. The summed E-state index contributed by atoms with van der Waals surface area (Å²) in [6.07, 6.45) is 0.227. The highest BCUT2D eigenvalue weighted by atomic mass is 16.4. The number of rotatable bonds is 2. The molecule has 0 bridgehead atoms. The van der Waals surface area contributed by atoms with Crippen LogP contribution in [0.3, 0.4) is 0 Å². The first-order chi connectivity index (χ1) is 6.13. The van der Waals surface area contributed by atoms with Gasteiger partial charge in [-0.3, -0.25) is 0 Å². The molecule has 70 valence electrons. The number of benzene rings is 1. The zero-order valence-electron chi connectivity index (χ0n) is 6.81. The number of nitrogens with two attached hydrogens (primary N) is 1. The topological polar surface area (TPSA) is 99.1 Å². The quantitative estimate of drug-likeness (QED) is 0.175. The van der Waals surface area contributed by atoms with E-state index in [0.717, 1.165) is 0 Å². The Kier molecular flexibility index (Phi) is 2.59. The highest BCUT2D eigenvalue weighted by Gasteiger charge is 2.02. The van der Waals surface area contributed by atoms with E-state index in [0.29, 0.717) is 5.56 Å². The average molecular weight is 182 g/mol. The summed E-state index contributed by atoms with van der Waals surface area (Å²) < 4.78 is 0. The van der Waals surface area contributed by atoms with Crippen LogP contribution in [0, 0.1) is 0 Å². The van der Waals surface area contributed by atoms with Crippen LogP contribution in [-0.2, 0) is 6.42 Å². The third-order valence-electron chi connectivity index (χ3n) is 1.55. The molecular formula is C8H10N2O3. The highest BCUT2D eigenvalue weighted by Crippen LogP contribution is 2.24. The number of phenols is 2. The van der Waals surface area contributed by atoms with E-state index in [4.69, 9.17) is 21.2 Å². The first kappa shape index (κ1) is 9.18. The van der Waals surface area contributed by atoms with Gasteiger partial charge < -0.3 is 21.2 Å². The van der Waals surface area contributed by atoms with Gasteiger partial charge in [-0.05, 0) is 17.7 Å². The molecule has 5 heteroatoms. The molecule has 0 spiro atoms. The first-order valence-corrected chi connectivity index (χ1v) is 3.60. The maximum absolute atomic E-state index is 9.09. The molecule has 0 radical (unpaired) electrons. The van der Waals surface area contributed by atoms with Crippen LogP contribution in [0.5, 0.6) is 11.5 Å². The molecule has 5 nitrogen and oxygen atoms in total. The van der Waals surface area contributed by atoms with Gasteiger partial charge in [0, 0.05) is 6.42 Å². The molecular weight excluding hydrogens is 172 g/mol. The van der Waals surface area contributed by atoms with E-state index >= 15 is 0 Å². The molecule has 5 N–H and O–H groups in total. The van der Waals surface area contributed by atoms with Crippen LogP contribution in [0.15, 0.2) is 23.4 Å². The molecule has 0 saturated heterocycles. The largest absolute Gasteiger partial charge is 0.504 e. The number of oxime groups is 1. The van der Waals surface area contributed by atoms with E-state index in [2.05, 4.69) is 5.16 Å². The van der Waals surface area contributed by atoms with Crippen molar-refractivity contribution in [1.29, 1.82) is 0 Å². The summed E-state index contributed by atoms with van der Waals surface area (Å²) in [6, 6.07) is 4.27. The van der Waals surface area contributed by atoms with Crippen LogP contribution in [0.25, 0.3) is 0 Å². The minimum absolute atomic E-state index is 0.0464. The Balaban J connectivity index is 2.86. The predicted molar refractivity (Wildman–Crippen MR) is 46.9 cm³/mol. The smallest absolute Gasteiger partial charge is 0.157 e. The second kappa shape index (κ2) is 3.66.